The first kappa shape index (κ1) is 12.6. The van der Waals surface area contributed by atoms with Crippen molar-refractivity contribution in [1.29, 1.82) is 0 Å². The maximum atomic E-state index is 4.22. The van der Waals surface area contributed by atoms with Crippen LogP contribution in [-0.2, 0) is 13.6 Å². The van der Waals surface area contributed by atoms with Gasteiger partial charge < -0.3 is 5.32 Å². The van der Waals surface area contributed by atoms with E-state index in [4.69, 9.17) is 0 Å². The van der Waals surface area contributed by atoms with Crippen molar-refractivity contribution < 1.29 is 0 Å². The molecule has 0 aliphatic carbocycles. The van der Waals surface area contributed by atoms with Crippen LogP contribution in [0, 0.1) is 5.41 Å². The molecule has 1 fully saturated rings. The van der Waals surface area contributed by atoms with E-state index < -0.39 is 0 Å². The third kappa shape index (κ3) is 3.30. The first-order valence-electron chi connectivity index (χ1n) is 6.38. The van der Waals surface area contributed by atoms with Crippen LogP contribution in [0.5, 0.6) is 0 Å². The van der Waals surface area contributed by atoms with Gasteiger partial charge in [-0.05, 0) is 5.41 Å². The Morgan fingerprint density at radius 1 is 1.47 bits per heavy atom. The molecule has 1 aromatic rings. The third-order valence-electron chi connectivity index (χ3n) is 3.47. The minimum absolute atomic E-state index is 0.327. The van der Waals surface area contributed by atoms with E-state index in [1.54, 1.807) is 0 Å². The molecular weight excluding hydrogens is 212 g/mol. The number of hydrogen-bond acceptors (Lipinski definition) is 3. The maximum absolute atomic E-state index is 4.22. The standard InChI is InChI=1S/C13H24N4/c1-13(2,3)12-10-17(6-5-14-12)9-11-7-15-16(4)8-11/h7-8,12,14H,5-6,9-10H2,1-4H3. The Balaban J connectivity index is 1.94. The molecular formula is C13H24N4. The van der Waals surface area contributed by atoms with Gasteiger partial charge in [0.15, 0.2) is 0 Å². The molecule has 0 aromatic carbocycles. The first-order chi connectivity index (χ1) is 7.95. The Kier molecular flexibility index (Phi) is 3.54. The van der Waals surface area contributed by atoms with Crippen LogP contribution in [0.3, 0.4) is 0 Å². The molecule has 0 radical (unpaired) electrons. The van der Waals surface area contributed by atoms with Gasteiger partial charge in [0.25, 0.3) is 0 Å². The average molecular weight is 236 g/mol. The van der Waals surface area contributed by atoms with Gasteiger partial charge in [-0.25, -0.2) is 0 Å². The monoisotopic (exact) mass is 236 g/mol. The van der Waals surface area contributed by atoms with Crippen molar-refractivity contribution in [2.24, 2.45) is 12.5 Å². The summed E-state index contributed by atoms with van der Waals surface area (Å²) in [7, 11) is 1.97. The molecule has 4 nitrogen and oxygen atoms in total. The number of nitrogens with zero attached hydrogens (tertiary/aromatic N) is 3. The third-order valence-corrected chi connectivity index (χ3v) is 3.47. The Hall–Kier alpha value is -0.870. The zero-order valence-electron chi connectivity index (χ0n) is 11.4. The van der Waals surface area contributed by atoms with E-state index in [1.165, 1.54) is 5.56 Å². The predicted octanol–water partition coefficient (Wildman–Crippen LogP) is 1.24. The normalized spacial score (nSPS) is 22.9. The van der Waals surface area contributed by atoms with Crippen molar-refractivity contribution >= 4 is 0 Å². The van der Waals surface area contributed by atoms with Gasteiger partial charge >= 0.3 is 0 Å². The lowest BCUT2D eigenvalue weighted by atomic mass is 9.85. The Bertz CT molecular complexity index is 364. The lowest BCUT2D eigenvalue weighted by Gasteiger charge is -2.40. The van der Waals surface area contributed by atoms with Crippen molar-refractivity contribution in [1.82, 2.24) is 20.0 Å². The minimum atomic E-state index is 0.327. The summed E-state index contributed by atoms with van der Waals surface area (Å²) in [5.74, 6) is 0. The molecule has 0 amide bonds. The lowest BCUT2D eigenvalue weighted by Crippen LogP contribution is -2.55. The van der Waals surface area contributed by atoms with Crippen molar-refractivity contribution in [3.05, 3.63) is 18.0 Å². The number of piperazine rings is 1. The molecule has 1 unspecified atom stereocenters. The fourth-order valence-electron chi connectivity index (χ4n) is 2.35. The largest absolute Gasteiger partial charge is 0.311 e. The van der Waals surface area contributed by atoms with Crippen LogP contribution in [-0.4, -0.2) is 40.4 Å². The molecule has 1 N–H and O–H groups in total. The maximum Gasteiger partial charge on any atom is 0.0534 e. The van der Waals surface area contributed by atoms with Crippen LogP contribution in [0.4, 0.5) is 0 Å². The summed E-state index contributed by atoms with van der Waals surface area (Å²) < 4.78 is 1.87. The molecule has 1 aliphatic rings. The number of hydrogen-bond donors (Lipinski definition) is 1. The second-order valence-corrected chi connectivity index (χ2v) is 6.13. The van der Waals surface area contributed by atoms with Gasteiger partial charge in [0.05, 0.1) is 6.20 Å². The number of nitrogens with one attached hydrogen (secondary N) is 1. The highest BCUT2D eigenvalue weighted by atomic mass is 15.3. The number of aryl methyl sites for hydroxylation is 1. The van der Waals surface area contributed by atoms with Gasteiger partial charge in [-0.3, -0.25) is 9.58 Å². The molecule has 2 rings (SSSR count). The van der Waals surface area contributed by atoms with E-state index in [-0.39, 0.29) is 0 Å². The molecule has 2 heterocycles. The lowest BCUT2D eigenvalue weighted by molar-refractivity contribution is 0.129. The van der Waals surface area contributed by atoms with E-state index in [9.17, 15) is 0 Å². The molecule has 4 heteroatoms. The highest BCUT2D eigenvalue weighted by Crippen LogP contribution is 2.22. The molecule has 17 heavy (non-hydrogen) atoms. The van der Waals surface area contributed by atoms with Crippen molar-refractivity contribution in [2.45, 2.75) is 33.4 Å². The SMILES string of the molecule is Cn1cc(CN2CCNC(C(C)(C)C)C2)cn1. The second-order valence-electron chi connectivity index (χ2n) is 6.13. The van der Waals surface area contributed by atoms with E-state index in [0.717, 1.165) is 26.2 Å². The quantitative estimate of drug-likeness (QED) is 0.838. The van der Waals surface area contributed by atoms with E-state index in [2.05, 4.69) is 42.3 Å². The minimum Gasteiger partial charge on any atom is -0.311 e. The summed E-state index contributed by atoms with van der Waals surface area (Å²) in [6.07, 6.45) is 4.07. The summed E-state index contributed by atoms with van der Waals surface area (Å²) in [5.41, 5.74) is 1.63. The van der Waals surface area contributed by atoms with Crippen molar-refractivity contribution in [2.75, 3.05) is 19.6 Å². The number of aromatic nitrogens is 2. The second kappa shape index (κ2) is 4.78. The van der Waals surface area contributed by atoms with Gasteiger partial charge in [0.2, 0.25) is 0 Å². The van der Waals surface area contributed by atoms with E-state index in [0.29, 0.717) is 11.5 Å². The molecule has 1 saturated heterocycles. The van der Waals surface area contributed by atoms with Gasteiger partial charge in [0.1, 0.15) is 0 Å². The predicted molar refractivity (Wildman–Crippen MR) is 69.7 cm³/mol. The molecule has 0 bridgehead atoms. The summed E-state index contributed by atoms with van der Waals surface area (Å²) >= 11 is 0. The molecule has 1 aromatic heterocycles. The molecule has 0 saturated carbocycles. The van der Waals surface area contributed by atoms with Gasteiger partial charge in [-0.1, -0.05) is 20.8 Å². The summed E-state index contributed by atoms with van der Waals surface area (Å²) in [4.78, 5) is 2.52. The summed E-state index contributed by atoms with van der Waals surface area (Å²) in [6, 6.07) is 0.577. The fourth-order valence-corrected chi connectivity index (χ4v) is 2.35. The fraction of sp³-hybridized carbons (Fsp3) is 0.769. The number of rotatable bonds is 2. The first-order valence-corrected chi connectivity index (χ1v) is 6.38. The van der Waals surface area contributed by atoms with E-state index >= 15 is 0 Å². The van der Waals surface area contributed by atoms with Crippen LogP contribution in [0.25, 0.3) is 0 Å². The van der Waals surface area contributed by atoms with Gasteiger partial charge in [-0.2, -0.15) is 5.10 Å². The summed E-state index contributed by atoms with van der Waals surface area (Å²) in [6.45, 7) is 11.3. The Morgan fingerprint density at radius 3 is 2.82 bits per heavy atom. The van der Waals surface area contributed by atoms with Crippen molar-refractivity contribution in [3.8, 4) is 0 Å². The van der Waals surface area contributed by atoms with Crippen LogP contribution in [0.1, 0.15) is 26.3 Å². The zero-order valence-corrected chi connectivity index (χ0v) is 11.4. The van der Waals surface area contributed by atoms with Crippen molar-refractivity contribution in [3.63, 3.8) is 0 Å². The van der Waals surface area contributed by atoms with Crippen LogP contribution < -0.4 is 5.32 Å². The molecule has 0 spiro atoms. The summed E-state index contributed by atoms with van der Waals surface area (Å²) in [5, 5.41) is 7.84. The highest BCUT2D eigenvalue weighted by molar-refractivity contribution is 5.04. The van der Waals surface area contributed by atoms with Crippen LogP contribution >= 0.6 is 0 Å². The smallest absolute Gasteiger partial charge is 0.0534 e. The van der Waals surface area contributed by atoms with Gasteiger partial charge in [0, 0.05) is 51.0 Å². The topological polar surface area (TPSA) is 33.1 Å². The average Bonchev–Trinajstić information content (AvgIpc) is 2.63. The highest BCUT2D eigenvalue weighted by Gasteiger charge is 2.29. The van der Waals surface area contributed by atoms with Gasteiger partial charge in [-0.15, -0.1) is 0 Å². The molecule has 96 valence electrons. The van der Waals surface area contributed by atoms with Crippen LogP contribution in [0.15, 0.2) is 12.4 Å². The molecule has 1 aliphatic heterocycles. The Morgan fingerprint density at radius 2 is 2.24 bits per heavy atom. The molecule has 1 atom stereocenters. The Labute approximate surface area is 104 Å². The van der Waals surface area contributed by atoms with E-state index in [1.807, 2.05) is 17.9 Å². The zero-order chi connectivity index (χ0) is 12.5. The van der Waals surface area contributed by atoms with Crippen LogP contribution in [0.2, 0.25) is 0 Å².